The van der Waals surface area contributed by atoms with Gasteiger partial charge in [-0.3, -0.25) is 0 Å². The number of rotatable bonds is 6. The molecule has 0 rings (SSSR count). The molecule has 4 heteroatoms. The smallest absolute Gasteiger partial charge is 0 e. The molecule has 0 aromatic rings. The normalized spacial score (nSPS) is 6.55. The van der Waals surface area contributed by atoms with E-state index in [9.17, 15) is 0 Å². The molecule has 0 aliphatic carbocycles. The monoisotopic (exact) mass is 562 g/mol. The summed E-state index contributed by atoms with van der Waals surface area (Å²) in [6, 6.07) is 0. The molecule has 0 aromatic carbocycles. The van der Waals surface area contributed by atoms with Crippen molar-refractivity contribution in [3.05, 3.63) is 0 Å². The number of hydrogen-bond donors (Lipinski definition) is 0. The fourth-order valence-corrected chi connectivity index (χ4v) is 4.02. The fraction of sp³-hybridized carbons (Fsp3) is 1.00. The minimum atomic E-state index is 0. The van der Waals surface area contributed by atoms with Crippen molar-refractivity contribution in [3.63, 3.8) is 0 Å². The summed E-state index contributed by atoms with van der Waals surface area (Å²) in [5.41, 5.74) is 0. The summed E-state index contributed by atoms with van der Waals surface area (Å²) in [6.07, 6.45) is 8.51. The molecule has 0 aliphatic rings. The first-order valence-electron chi connectivity index (χ1n) is 6.14. The third kappa shape index (κ3) is 49.5. The molecular formula is C18H54In2P2. The summed E-state index contributed by atoms with van der Waals surface area (Å²) in [7, 11) is 0.892. The Morgan fingerprint density at radius 2 is 0.455 bits per heavy atom. The standard InChI is InChI=1S/2C6H15P.6CH4.2In/c2*1-4-7(5-2)6-3;;;;;;;;/h2*4-6H2,1-3H3;6*1H4;;. The van der Waals surface area contributed by atoms with Gasteiger partial charge in [0.1, 0.15) is 0 Å². The van der Waals surface area contributed by atoms with Gasteiger partial charge in [-0.2, -0.15) is 0 Å². The molecule has 0 saturated carbocycles. The van der Waals surface area contributed by atoms with Gasteiger partial charge in [0.15, 0.2) is 0 Å². The molecule has 0 aromatic heterocycles. The van der Waals surface area contributed by atoms with Gasteiger partial charge in [-0.25, -0.2) is 0 Å². The Kier molecular flexibility index (Phi) is 165. The Hall–Kier alpha value is 2.60. The second-order valence-corrected chi connectivity index (χ2v) is 9.72. The summed E-state index contributed by atoms with van der Waals surface area (Å²) >= 11 is 0. The summed E-state index contributed by atoms with van der Waals surface area (Å²) in [5, 5.41) is 0. The molecular weight excluding hydrogens is 508 g/mol. The molecule has 0 aliphatic heterocycles. The zero-order valence-corrected chi connectivity index (χ0v) is 20.7. The minimum Gasteiger partial charge on any atom is -0.108 e. The maximum atomic E-state index is 2.29. The van der Waals surface area contributed by atoms with Crippen LogP contribution in [0.3, 0.4) is 0 Å². The zero-order chi connectivity index (χ0) is 11.4. The molecule has 0 atom stereocenters. The first-order valence-corrected chi connectivity index (χ1v) is 9.93. The van der Waals surface area contributed by atoms with Crippen LogP contribution in [0.5, 0.6) is 0 Å². The second-order valence-electron chi connectivity index (χ2n) is 3.24. The van der Waals surface area contributed by atoms with Gasteiger partial charge in [-0.15, -0.1) is 15.8 Å². The largest absolute Gasteiger partial charge is 0.108 e. The maximum Gasteiger partial charge on any atom is 0 e. The van der Waals surface area contributed by atoms with Crippen molar-refractivity contribution in [1.29, 1.82) is 0 Å². The van der Waals surface area contributed by atoms with Crippen LogP contribution < -0.4 is 0 Å². The Labute approximate surface area is 189 Å². The predicted octanol–water partition coefficient (Wildman–Crippen LogP) is 8.11. The quantitative estimate of drug-likeness (QED) is 0.287. The van der Waals surface area contributed by atoms with E-state index in [1.54, 1.807) is 0 Å². The molecule has 0 nitrogen and oxygen atoms in total. The zero-order valence-electron chi connectivity index (χ0n) is 12.3. The summed E-state index contributed by atoms with van der Waals surface area (Å²) in [5.74, 6) is 0. The van der Waals surface area contributed by atoms with Crippen molar-refractivity contribution in [1.82, 2.24) is 0 Å². The van der Waals surface area contributed by atoms with Crippen LogP contribution in [0, 0.1) is 0 Å². The molecule has 0 amide bonds. The molecule has 0 N–H and O–H groups in total. The van der Waals surface area contributed by atoms with Crippen molar-refractivity contribution in [2.24, 2.45) is 0 Å². The van der Waals surface area contributed by atoms with Gasteiger partial charge in [0, 0.05) is 51.7 Å². The number of hydrogen-bond acceptors (Lipinski definition) is 0. The fourth-order valence-electron chi connectivity index (χ4n) is 1.34. The van der Waals surface area contributed by atoms with Gasteiger partial charge in [-0.05, 0) is 37.0 Å². The van der Waals surface area contributed by atoms with Crippen LogP contribution in [0.2, 0.25) is 0 Å². The van der Waals surface area contributed by atoms with Crippen molar-refractivity contribution in [2.45, 2.75) is 86.1 Å². The van der Waals surface area contributed by atoms with Gasteiger partial charge in [0.25, 0.3) is 0 Å². The van der Waals surface area contributed by atoms with E-state index in [1.807, 2.05) is 0 Å². The molecule has 0 heterocycles. The summed E-state index contributed by atoms with van der Waals surface area (Å²) in [4.78, 5) is 0. The molecule has 0 saturated heterocycles. The van der Waals surface area contributed by atoms with Crippen LogP contribution in [-0.4, -0.2) is 88.7 Å². The summed E-state index contributed by atoms with van der Waals surface area (Å²) < 4.78 is 0. The average Bonchev–Trinajstić information content (AvgIpc) is 2.24. The first kappa shape index (κ1) is 64.3. The molecule has 22 heavy (non-hydrogen) atoms. The molecule has 0 unspecified atom stereocenters. The summed E-state index contributed by atoms with van der Waals surface area (Å²) in [6.45, 7) is 13.7. The minimum absolute atomic E-state index is 0. The van der Waals surface area contributed by atoms with E-state index in [1.165, 1.54) is 37.0 Å². The van der Waals surface area contributed by atoms with Crippen molar-refractivity contribution < 1.29 is 0 Å². The van der Waals surface area contributed by atoms with Crippen molar-refractivity contribution >= 4 is 67.5 Å². The van der Waals surface area contributed by atoms with Gasteiger partial charge in [0.2, 0.25) is 0 Å². The van der Waals surface area contributed by atoms with Crippen molar-refractivity contribution in [3.8, 4) is 0 Å². The third-order valence-corrected chi connectivity index (χ3v) is 8.05. The van der Waals surface area contributed by atoms with Gasteiger partial charge < -0.3 is 0 Å². The van der Waals surface area contributed by atoms with E-state index in [2.05, 4.69) is 41.5 Å². The van der Waals surface area contributed by atoms with Gasteiger partial charge in [-0.1, -0.05) is 86.1 Å². The van der Waals surface area contributed by atoms with Crippen molar-refractivity contribution in [2.75, 3.05) is 37.0 Å². The topological polar surface area (TPSA) is 0 Å². The van der Waals surface area contributed by atoms with E-state index in [0.717, 1.165) is 0 Å². The van der Waals surface area contributed by atoms with Gasteiger partial charge >= 0.3 is 0 Å². The Bertz CT molecular complexity index is 74.1. The predicted molar refractivity (Wildman–Crippen MR) is 129 cm³/mol. The third-order valence-electron chi connectivity index (χ3n) is 2.68. The molecule has 6 radical (unpaired) electrons. The van der Waals surface area contributed by atoms with Crippen LogP contribution >= 0.6 is 15.8 Å². The van der Waals surface area contributed by atoms with Crippen LogP contribution in [0.15, 0.2) is 0 Å². The first-order chi connectivity index (χ1) is 6.69. The Morgan fingerprint density at radius 1 is 0.364 bits per heavy atom. The van der Waals surface area contributed by atoms with E-state index < -0.39 is 0 Å². The second kappa shape index (κ2) is 56.5. The Balaban J connectivity index is -0.0000000120. The van der Waals surface area contributed by atoms with E-state index in [4.69, 9.17) is 0 Å². The van der Waals surface area contributed by atoms with Gasteiger partial charge in [0.05, 0.1) is 0 Å². The Morgan fingerprint density at radius 3 is 0.455 bits per heavy atom. The molecule has 0 bridgehead atoms. The average molecular weight is 562 g/mol. The van der Waals surface area contributed by atoms with Crippen LogP contribution in [-0.2, 0) is 0 Å². The van der Waals surface area contributed by atoms with E-state index in [-0.39, 0.29) is 96.2 Å². The molecule has 0 spiro atoms. The van der Waals surface area contributed by atoms with Crippen LogP contribution in [0.25, 0.3) is 0 Å². The maximum absolute atomic E-state index is 2.29. The van der Waals surface area contributed by atoms with E-state index >= 15 is 0 Å². The SMILES string of the molecule is C.C.C.C.C.C.CCP(CC)CC.CCP(CC)CC.[In].[In]. The van der Waals surface area contributed by atoms with E-state index in [0.29, 0.717) is 15.8 Å². The van der Waals surface area contributed by atoms with Crippen LogP contribution in [0.4, 0.5) is 0 Å². The molecule has 0 fully saturated rings. The molecule has 142 valence electrons. The van der Waals surface area contributed by atoms with Crippen LogP contribution in [0.1, 0.15) is 86.1 Å².